The van der Waals surface area contributed by atoms with E-state index in [-0.39, 0.29) is 35.4 Å². The Morgan fingerprint density at radius 2 is 1.77 bits per heavy atom. The van der Waals surface area contributed by atoms with Gasteiger partial charge >= 0.3 is 0 Å². The number of hydrogen-bond donors (Lipinski definition) is 3. The molecule has 0 radical (unpaired) electrons. The SMILES string of the molecule is NC12CC(Nc3ccc4c(c3)C(=O)N(C3CCC(=O)NC3=O)C4=O)(C1)C2. The fraction of sp³-hybridized carbons (Fsp3) is 0.444. The number of nitrogens with one attached hydrogen (secondary N) is 2. The quantitative estimate of drug-likeness (QED) is 0.664. The summed E-state index contributed by atoms with van der Waals surface area (Å²) in [4.78, 5) is 49.8. The lowest BCUT2D eigenvalue weighted by atomic mass is 9.44. The molecule has 2 bridgehead atoms. The number of imide groups is 2. The molecule has 4 amide bonds. The largest absolute Gasteiger partial charge is 0.379 e. The molecule has 0 aromatic heterocycles. The maximum absolute atomic E-state index is 12.8. The molecule has 6 rings (SSSR count). The predicted octanol–water partition coefficient (Wildman–Crippen LogP) is 0.133. The predicted molar refractivity (Wildman–Crippen MR) is 90.2 cm³/mol. The maximum atomic E-state index is 12.8. The number of nitrogens with zero attached hydrogens (tertiary/aromatic N) is 1. The van der Waals surface area contributed by atoms with Gasteiger partial charge in [0, 0.05) is 23.2 Å². The van der Waals surface area contributed by atoms with Gasteiger partial charge < -0.3 is 11.1 Å². The first-order chi connectivity index (χ1) is 12.3. The van der Waals surface area contributed by atoms with Crippen LogP contribution in [-0.4, -0.2) is 45.6 Å². The highest BCUT2D eigenvalue weighted by Gasteiger charge is 2.66. The second-order valence-corrected chi connectivity index (χ2v) is 8.01. The minimum Gasteiger partial charge on any atom is -0.379 e. The Hall–Kier alpha value is -2.74. The summed E-state index contributed by atoms with van der Waals surface area (Å²) in [5.74, 6) is -1.96. The molecule has 1 aromatic carbocycles. The molecule has 3 saturated carbocycles. The summed E-state index contributed by atoms with van der Waals surface area (Å²) in [5, 5.41) is 5.63. The van der Waals surface area contributed by atoms with Gasteiger partial charge in [-0.3, -0.25) is 29.4 Å². The van der Waals surface area contributed by atoms with Gasteiger partial charge in [-0.25, -0.2) is 0 Å². The molecule has 1 unspecified atom stereocenters. The molecular weight excluding hydrogens is 336 g/mol. The molecule has 0 spiro atoms. The van der Waals surface area contributed by atoms with Gasteiger partial charge in [0.15, 0.2) is 0 Å². The Morgan fingerprint density at radius 3 is 2.42 bits per heavy atom. The minimum atomic E-state index is -0.939. The summed E-state index contributed by atoms with van der Waals surface area (Å²) >= 11 is 0. The number of anilines is 1. The van der Waals surface area contributed by atoms with E-state index in [9.17, 15) is 19.2 Å². The number of fused-ring (bicyclic) bond motifs is 1. The minimum absolute atomic E-state index is 0.0119. The molecule has 4 fully saturated rings. The molecular formula is C18H18N4O4. The van der Waals surface area contributed by atoms with Crippen LogP contribution in [0.3, 0.4) is 0 Å². The van der Waals surface area contributed by atoms with E-state index in [4.69, 9.17) is 5.73 Å². The lowest BCUT2D eigenvalue weighted by Crippen LogP contribution is -2.79. The molecule has 8 nitrogen and oxygen atoms in total. The number of piperidine rings is 1. The number of rotatable bonds is 3. The van der Waals surface area contributed by atoms with Crippen molar-refractivity contribution in [3.05, 3.63) is 29.3 Å². The summed E-state index contributed by atoms with van der Waals surface area (Å²) in [6.45, 7) is 0. The molecule has 2 heterocycles. The van der Waals surface area contributed by atoms with E-state index in [1.54, 1.807) is 18.2 Å². The van der Waals surface area contributed by atoms with Crippen molar-refractivity contribution in [1.82, 2.24) is 10.2 Å². The van der Waals surface area contributed by atoms with E-state index in [2.05, 4.69) is 10.6 Å². The van der Waals surface area contributed by atoms with E-state index < -0.39 is 23.8 Å². The number of nitrogens with two attached hydrogens (primary N) is 1. The third kappa shape index (κ3) is 1.99. The molecule has 1 atom stereocenters. The van der Waals surface area contributed by atoms with Crippen LogP contribution < -0.4 is 16.4 Å². The molecule has 4 N–H and O–H groups in total. The van der Waals surface area contributed by atoms with Crippen LogP contribution in [0, 0.1) is 0 Å². The van der Waals surface area contributed by atoms with Crippen LogP contribution in [0.15, 0.2) is 18.2 Å². The maximum Gasteiger partial charge on any atom is 0.262 e. The zero-order chi connectivity index (χ0) is 18.3. The summed E-state index contributed by atoms with van der Waals surface area (Å²) in [5.41, 5.74) is 7.41. The highest BCUT2D eigenvalue weighted by atomic mass is 16.2. The van der Waals surface area contributed by atoms with Crippen molar-refractivity contribution in [3.63, 3.8) is 0 Å². The van der Waals surface area contributed by atoms with Crippen molar-refractivity contribution < 1.29 is 19.2 Å². The number of carbonyl (C=O) groups excluding carboxylic acids is 4. The number of amides is 4. The van der Waals surface area contributed by atoms with E-state index in [0.29, 0.717) is 5.56 Å². The van der Waals surface area contributed by atoms with Crippen LogP contribution >= 0.6 is 0 Å². The average Bonchev–Trinajstić information content (AvgIpc) is 2.77. The summed E-state index contributed by atoms with van der Waals surface area (Å²) < 4.78 is 0. The molecule has 1 aromatic rings. The topological polar surface area (TPSA) is 122 Å². The van der Waals surface area contributed by atoms with E-state index in [1.165, 1.54) is 0 Å². The van der Waals surface area contributed by atoms with Crippen molar-refractivity contribution >= 4 is 29.3 Å². The number of benzene rings is 1. The van der Waals surface area contributed by atoms with Gasteiger partial charge in [-0.15, -0.1) is 0 Å². The van der Waals surface area contributed by atoms with Crippen molar-refractivity contribution in [2.24, 2.45) is 5.73 Å². The van der Waals surface area contributed by atoms with Crippen LogP contribution in [0.4, 0.5) is 5.69 Å². The van der Waals surface area contributed by atoms with Gasteiger partial charge in [-0.2, -0.15) is 0 Å². The monoisotopic (exact) mass is 354 g/mol. The molecule has 3 aliphatic carbocycles. The van der Waals surface area contributed by atoms with E-state index >= 15 is 0 Å². The molecule has 26 heavy (non-hydrogen) atoms. The second-order valence-electron chi connectivity index (χ2n) is 8.01. The Morgan fingerprint density at radius 1 is 1.08 bits per heavy atom. The molecule has 8 heteroatoms. The lowest BCUT2D eigenvalue weighted by Gasteiger charge is -2.69. The van der Waals surface area contributed by atoms with Gasteiger partial charge in [0.1, 0.15) is 6.04 Å². The van der Waals surface area contributed by atoms with Crippen LogP contribution in [0.2, 0.25) is 0 Å². The van der Waals surface area contributed by atoms with Crippen LogP contribution in [0.1, 0.15) is 52.8 Å². The van der Waals surface area contributed by atoms with Crippen LogP contribution in [-0.2, 0) is 9.59 Å². The smallest absolute Gasteiger partial charge is 0.262 e. The van der Waals surface area contributed by atoms with Crippen LogP contribution in [0.25, 0.3) is 0 Å². The van der Waals surface area contributed by atoms with Crippen molar-refractivity contribution in [2.75, 3.05) is 5.32 Å². The van der Waals surface area contributed by atoms with Crippen molar-refractivity contribution in [2.45, 2.75) is 49.2 Å². The van der Waals surface area contributed by atoms with Crippen LogP contribution in [0.5, 0.6) is 0 Å². The molecule has 1 saturated heterocycles. The molecule has 5 aliphatic rings. The zero-order valence-electron chi connectivity index (χ0n) is 14.0. The standard InChI is InChI=1S/C18H18N4O4/c19-17-6-18(7-17,8-17)21-9-1-2-10-11(5-9)16(26)22(15(10)25)12-3-4-13(23)20-14(12)24/h1-2,5,12,21H,3-4,6-8,19H2,(H,20,23,24). The lowest BCUT2D eigenvalue weighted by molar-refractivity contribution is -0.136. The van der Waals surface area contributed by atoms with Gasteiger partial charge in [0.25, 0.3) is 11.8 Å². The second kappa shape index (κ2) is 4.70. The zero-order valence-corrected chi connectivity index (χ0v) is 14.0. The van der Waals surface area contributed by atoms with E-state index in [0.717, 1.165) is 29.8 Å². The first-order valence-corrected chi connectivity index (χ1v) is 8.72. The third-order valence-electron chi connectivity index (χ3n) is 5.92. The number of hydrogen-bond acceptors (Lipinski definition) is 6. The van der Waals surface area contributed by atoms with Gasteiger partial charge in [-0.05, 0) is 43.9 Å². The average molecular weight is 354 g/mol. The van der Waals surface area contributed by atoms with Gasteiger partial charge in [0.2, 0.25) is 11.8 Å². The van der Waals surface area contributed by atoms with Gasteiger partial charge in [0.05, 0.1) is 11.1 Å². The highest BCUT2D eigenvalue weighted by molar-refractivity contribution is 6.23. The third-order valence-corrected chi connectivity index (χ3v) is 5.92. The molecule has 134 valence electrons. The Bertz CT molecular complexity index is 889. The summed E-state index contributed by atoms with van der Waals surface area (Å²) in [7, 11) is 0. The highest BCUT2D eigenvalue weighted by Crippen LogP contribution is 2.60. The Balaban J connectivity index is 1.40. The fourth-order valence-corrected chi connectivity index (χ4v) is 4.85. The van der Waals surface area contributed by atoms with Gasteiger partial charge in [-0.1, -0.05) is 0 Å². The Kier molecular flexibility index (Phi) is 2.80. The fourth-order valence-electron chi connectivity index (χ4n) is 4.85. The normalized spacial score (nSPS) is 34.8. The van der Waals surface area contributed by atoms with Crippen molar-refractivity contribution in [3.8, 4) is 0 Å². The molecule has 2 aliphatic heterocycles. The van der Waals surface area contributed by atoms with Crippen molar-refractivity contribution in [1.29, 1.82) is 0 Å². The first-order valence-electron chi connectivity index (χ1n) is 8.72. The van der Waals surface area contributed by atoms with E-state index in [1.807, 2.05) is 0 Å². The Labute approximate surface area is 149 Å². The number of carbonyl (C=O) groups is 4. The summed E-state index contributed by atoms with van der Waals surface area (Å²) in [6, 6.07) is 4.13. The first kappa shape index (κ1) is 15.5. The summed E-state index contributed by atoms with van der Waals surface area (Å²) in [6.07, 6.45) is 2.99.